The minimum absolute atomic E-state index is 0.883. The van der Waals surface area contributed by atoms with Crippen LogP contribution in [0.4, 0.5) is 0 Å². The first-order valence-corrected chi connectivity index (χ1v) is 8.47. The molecule has 0 aromatic carbocycles. The Hall–Kier alpha value is -0.260. The Morgan fingerprint density at radius 3 is 2.61 bits per heavy atom. The molecule has 6 atom stereocenters. The maximum absolute atomic E-state index is 2.47. The topological polar surface area (TPSA) is 0 Å². The lowest BCUT2D eigenvalue weighted by atomic mass is 9.80. The third-order valence-corrected chi connectivity index (χ3v) is 7.22. The van der Waals surface area contributed by atoms with Gasteiger partial charge in [0, 0.05) is 0 Å². The van der Waals surface area contributed by atoms with Crippen LogP contribution in [-0.2, 0) is 0 Å². The molecule has 0 N–H and O–H groups in total. The quantitative estimate of drug-likeness (QED) is 0.564. The van der Waals surface area contributed by atoms with E-state index in [1.165, 1.54) is 25.2 Å². The number of allylic oxidation sites excluding steroid dienone is 2. The van der Waals surface area contributed by atoms with Crippen LogP contribution in [0.5, 0.6) is 0 Å². The average molecular weight is 244 g/mol. The molecule has 4 aliphatic rings. The summed E-state index contributed by atoms with van der Waals surface area (Å²) < 4.78 is 0. The second kappa shape index (κ2) is 3.64. The van der Waals surface area contributed by atoms with Crippen LogP contribution in [0.15, 0.2) is 11.1 Å². The van der Waals surface area contributed by atoms with Gasteiger partial charge in [0.2, 0.25) is 0 Å². The zero-order valence-electron chi connectivity index (χ0n) is 12.3. The molecular formula is C18H28. The summed E-state index contributed by atoms with van der Waals surface area (Å²) in [6.45, 7) is 7.18. The van der Waals surface area contributed by atoms with Crippen molar-refractivity contribution >= 4 is 0 Å². The number of hydrogen-bond acceptors (Lipinski definition) is 0. The molecule has 0 nitrogen and oxygen atoms in total. The molecule has 6 unspecified atom stereocenters. The summed E-state index contributed by atoms with van der Waals surface area (Å²) >= 11 is 0. The highest BCUT2D eigenvalue weighted by Crippen LogP contribution is 2.77. The summed E-state index contributed by atoms with van der Waals surface area (Å²) in [7, 11) is 0. The highest BCUT2D eigenvalue weighted by Gasteiger charge is 2.69. The summed E-state index contributed by atoms with van der Waals surface area (Å²) in [6, 6.07) is 0. The molecule has 0 radical (unpaired) electrons. The Morgan fingerprint density at radius 2 is 2.06 bits per heavy atom. The molecule has 3 fully saturated rings. The normalized spacial score (nSPS) is 51.2. The van der Waals surface area contributed by atoms with Crippen LogP contribution >= 0.6 is 0 Å². The molecule has 0 aliphatic heterocycles. The van der Waals surface area contributed by atoms with Crippen molar-refractivity contribution in [2.75, 3.05) is 0 Å². The Balaban J connectivity index is 1.33. The molecule has 18 heavy (non-hydrogen) atoms. The van der Waals surface area contributed by atoms with Crippen LogP contribution in [0, 0.1) is 35.0 Å². The van der Waals surface area contributed by atoms with Crippen molar-refractivity contribution in [3.63, 3.8) is 0 Å². The smallest absolute Gasteiger partial charge is 0.00685 e. The zero-order chi connectivity index (χ0) is 12.5. The predicted octanol–water partition coefficient (Wildman–Crippen LogP) is 5.20. The van der Waals surface area contributed by atoms with Gasteiger partial charge in [-0.1, -0.05) is 38.3 Å². The number of rotatable bonds is 6. The van der Waals surface area contributed by atoms with Gasteiger partial charge in [0.1, 0.15) is 0 Å². The van der Waals surface area contributed by atoms with Gasteiger partial charge in [-0.05, 0) is 73.5 Å². The molecule has 3 saturated carbocycles. The Labute approximate surface area is 112 Å². The Bertz CT molecular complexity index is 404. The molecule has 4 rings (SSSR count). The summed E-state index contributed by atoms with van der Waals surface area (Å²) in [4.78, 5) is 0. The van der Waals surface area contributed by atoms with E-state index >= 15 is 0 Å². The molecule has 0 aromatic rings. The fourth-order valence-electron chi connectivity index (χ4n) is 6.11. The average Bonchev–Trinajstić information content (AvgIpc) is 3.10. The molecule has 0 heterocycles. The summed E-state index contributed by atoms with van der Waals surface area (Å²) in [6.07, 6.45) is 10.5. The van der Waals surface area contributed by atoms with E-state index < -0.39 is 0 Å². The zero-order valence-corrected chi connectivity index (χ0v) is 12.3. The minimum atomic E-state index is 0.883. The van der Waals surface area contributed by atoms with Crippen LogP contribution < -0.4 is 0 Å². The Kier molecular flexibility index (Phi) is 2.34. The first kappa shape index (κ1) is 11.6. The molecule has 0 saturated heterocycles. The van der Waals surface area contributed by atoms with Crippen LogP contribution in [0.2, 0.25) is 0 Å². The molecule has 0 aromatic heterocycles. The molecule has 4 aliphatic carbocycles. The van der Waals surface area contributed by atoms with E-state index in [-0.39, 0.29) is 0 Å². The van der Waals surface area contributed by atoms with E-state index in [4.69, 9.17) is 0 Å². The van der Waals surface area contributed by atoms with Crippen molar-refractivity contribution in [2.24, 2.45) is 35.0 Å². The second-order valence-corrected chi connectivity index (χ2v) is 7.57. The fourth-order valence-corrected chi connectivity index (χ4v) is 6.11. The van der Waals surface area contributed by atoms with E-state index in [1.807, 2.05) is 11.1 Å². The predicted molar refractivity (Wildman–Crippen MR) is 76.3 cm³/mol. The van der Waals surface area contributed by atoms with Gasteiger partial charge in [0.25, 0.3) is 0 Å². The van der Waals surface area contributed by atoms with Gasteiger partial charge >= 0.3 is 0 Å². The first-order chi connectivity index (χ1) is 8.74. The first-order valence-electron chi connectivity index (χ1n) is 8.47. The monoisotopic (exact) mass is 244 g/mol. The van der Waals surface area contributed by atoms with Gasteiger partial charge < -0.3 is 0 Å². The Morgan fingerprint density at radius 1 is 1.22 bits per heavy atom. The van der Waals surface area contributed by atoms with E-state index in [2.05, 4.69) is 20.8 Å². The van der Waals surface area contributed by atoms with Crippen LogP contribution in [0.25, 0.3) is 0 Å². The van der Waals surface area contributed by atoms with Gasteiger partial charge in [-0.15, -0.1) is 0 Å². The van der Waals surface area contributed by atoms with Crippen molar-refractivity contribution in [3.8, 4) is 0 Å². The largest absolute Gasteiger partial charge is 0.0672 e. The van der Waals surface area contributed by atoms with Gasteiger partial charge in [-0.3, -0.25) is 0 Å². The lowest BCUT2D eigenvalue weighted by Crippen LogP contribution is -2.15. The van der Waals surface area contributed by atoms with Crippen molar-refractivity contribution in [2.45, 2.75) is 65.7 Å². The minimum Gasteiger partial charge on any atom is -0.0672 e. The summed E-state index contributed by atoms with van der Waals surface area (Å²) in [5.41, 5.74) is 4.65. The van der Waals surface area contributed by atoms with Gasteiger partial charge in [0.05, 0.1) is 0 Å². The van der Waals surface area contributed by atoms with E-state index in [0.717, 1.165) is 29.1 Å². The van der Waals surface area contributed by atoms with Crippen molar-refractivity contribution in [3.05, 3.63) is 11.1 Å². The molecular weight excluding hydrogens is 216 g/mol. The maximum atomic E-state index is 2.47. The number of hydrogen-bond donors (Lipinski definition) is 0. The highest BCUT2D eigenvalue weighted by atomic mass is 14.7. The van der Waals surface area contributed by atoms with Gasteiger partial charge in [-0.25, -0.2) is 0 Å². The standard InChI is InChI=1S/C18H28/c1-4-6-14-15-8-10-18(14,15)9-7-13-16-11(3)12(5-2)17(13)16/h11,13-16H,4-10H2,1-3H3. The lowest BCUT2D eigenvalue weighted by molar-refractivity contribution is 0.253. The summed E-state index contributed by atoms with van der Waals surface area (Å²) in [5, 5.41) is 0. The molecule has 0 amide bonds. The number of fused-ring (bicyclic) bond motifs is 2. The third-order valence-electron chi connectivity index (χ3n) is 7.22. The van der Waals surface area contributed by atoms with Crippen LogP contribution in [0.1, 0.15) is 65.7 Å². The maximum Gasteiger partial charge on any atom is -0.00685 e. The van der Waals surface area contributed by atoms with Crippen molar-refractivity contribution in [1.82, 2.24) is 0 Å². The van der Waals surface area contributed by atoms with E-state index in [9.17, 15) is 0 Å². The summed E-state index contributed by atoms with van der Waals surface area (Å²) in [5.74, 6) is 5.38. The second-order valence-electron chi connectivity index (χ2n) is 7.57. The lowest BCUT2D eigenvalue weighted by Gasteiger charge is -2.25. The van der Waals surface area contributed by atoms with Gasteiger partial charge in [0.15, 0.2) is 0 Å². The SMILES string of the molecule is CCCC1C2CCC12CCC1C2=C(CC)C(C)C21. The van der Waals surface area contributed by atoms with Crippen LogP contribution in [-0.4, -0.2) is 0 Å². The fraction of sp³-hybridized carbons (Fsp3) is 0.889. The molecule has 0 bridgehead atoms. The molecule has 0 heteroatoms. The van der Waals surface area contributed by atoms with E-state index in [0.29, 0.717) is 0 Å². The van der Waals surface area contributed by atoms with E-state index in [1.54, 1.807) is 25.7 Å². The van der Waals surface area contributed by atoms with Crippen molar-refractivity contribution < 1.29 is 0 Å². The van der Waals surface area contributed by atoms with Gasteiger partial charge in [-0.2, -0.15) is 0 Å². The molecule has 0 spiro atoms. The van der Waals surface area contributed by atoms with Crippen molar-refractivity contribution in [1.29, 1.82) is 0 Å². The van der Waals surface area contributed by atoms with Crippen LogP contribution in [0.3, 0.4) is 0 Å². The third kappa shape index (κ3) is 1.23. The molecule has 100 valence electrons. The highest BCUT2D eigenvalue weighted by molar-refractivity contribution is 5.48.